The molecule has 1 saturated carbocycles. The van der Waals surface area contributed by atoms with Crippen molar-refractivity contribution in [2.45, 2.75) is 37.4 Å². The molecule has 146 valence electrons. The van der Waals surface area contributed by atoms with E-state index in [0.717, 1.165) is 30.2 Å². The fraction of sp³-hybridized carbons (Fsp3) is 0.350. The summed E-state index contributed by atoms with van der Waals surface area (Å²) >= 11 is 3.16. The zero-order valence-electron chi connectivity index (χ0n) is 15.6. The molecule has 6 nitrogen and oxygen atoms in total. The number of hydrogen-bond acceptors (Lipinski definition) is 6. The molecule has 0 aliphatic heterocycles. The molecule has 4 rings (SSSR count). The van der Waals surface area contributed by atoms with Gasteiger partial charge in [0.2, 0.25) is 5.91 Å². The molecule has 0 unspecified atom stereocenters. The minimum absolute atomic E-state index is 0.0812. The van der Waals surface area contributed by atoms with Gasteiger partial charge in [-0.25, -0.2) is 0 Å². The second-order valence-corrected chi connectivity index (χ2v) is 8.50. The second-order valence-electron chi connectivity index (χ2n) is 6.52. The lowest BCUT2D eigenvalue weighted by molar-refractivity contribution is -0.113. The minimum atomic E-state index is -0.0812. The van der Waals surface area contributed by atoms with Crippen molar-refractivity contribution in [1.29, 1.82) is 0 Å². The first-order chi connectivity index (χ1) is 13.7. The van der Waals surface area contributed by atoms with Crippen LogP contribution in [0.1, 0.15) is 36.5 Å². The highest BCUT2D eigenvalue weighted by atomic mass is 32.2. The Kier molecular flexibility index (Phi) is 5.97. The Bertz CT molecular complexity index is 936. The summed E-state index contributed by atoms with van der Waals surface area (Å²) in [6.07, 6.45) is 3.09. The van der Waals surface area contributed by atoms with E-state index in [0.29, 0.717) is 24.1 Å². The zero-order chi connectivity index (χ0) is 19.3. The van der Waals surface area contributed by atoms with Gasteiger partial charge in [-0.1, -0.05) is 30.0 Å². The first-order valence-corrected chi connectivity index (χ1v) is 11.2. The fourth-order valence-corrected chi connectivity index (χ4v) is 4.49. The van der Waals surface area contributed by atoms with Crippen LogP contribution in [0.2, 0.25) is 0 Å². The number of amides is 1. The Balaban J connectivity index is 1.41. The number of thiophene rings is 1. The summed E-state index contributed by atoms with van der Waals surface area (Å²) in [5, 5.41) is 14.6. The van der Waals surface area contributed by atoms with Gasteiger partial charge in [-0.2, -0.15) is 0 Å². The Morgan fingerprint density at radius 3 is 2.89 bits per heavy atom. The van der Waals surface area contributed by atoms with Gasteiger partial charge in [0, 0.05) is 17.3 Å². The standard InChI is InChI=1S/C20H22N4O2S2/c1-2-26-17-8-4-3-7-16(17)21-19(25)13-28-20-23-22-18(24(20)14-9-10-14)12-15-6-5-11-27-15/h3-8,11,14H,2,9-10,12-13H2,1H3,(H,21,25). The molecule has 3 aromatic rings. The Morgan fingerprint density at radius 2 is 2.14 bits per heavy atom. The molecular weight excluding hydrogens is 392 g/mol. The molecule has 28 heavy (non-hydrogen) atoms. The molecule has 2 aromatic heterocycles. The molecule has 8 heteroatoms. The molecule has 0 radical (unpaired) electrons. The third kappa shape index (κ3) is 4.56. The predicted molar refractivity (Wildman–Crippen MR) is 112 cm³/mol. The van der Waals surface area contributed by atoms with Crippen molar-refractivity contribution in [2.24, 2.45) is 0 Å². The summed E-state index contributed by atoms with van der Waals surface area (Å²) in [5.74, 6) is 1.87. The van der Waals surface area contributed by atoms with Gasteiger partial charge in [-0.05, 0) is 43.3 Å². The quantitative estimate of drug-likeness (QED) is 0.526. The highest BCUT2D eigenvalue weighted by Crippen LogP contribution is 2.39. The predicted octanol–water partition coefficient (Wildman–Crippen LogP) is 4.39. The van der Waals surface area contributed by atoms with Gasteiger partial charge in [0.05, 0.1) is 18.0 Å². The molecule has 1 amide bonds. The van der Waals surface area contributed by atoms with Crippen molar-refractivity contribution in [3.63, 3.8) is 0 Å². The van der Waals surface area contributed by atoms with Gasteiger partial charge in [-0.15, -0.1) is 21.5 Å². The van der Waals surface area contributed by atoms with Gasteiger partial charge < -0.3 is 14.6 Å². The van der Waals surface area contributed by atoms with Crippen LogP contribution in [-0.2, 0) is 11.2 Å². The van der Waals surface area contributed by atoms with Crippen LogP contribution in [0.5, 0.6) is 5.75 Å². The maximum Gasteiger partial charge on any atom is 0.234 e. The van der Waals surface area contributed by atoms with Gasteiger partial charge in [0.25, 0.3) is 0 Å². The summed E-state index contributed by atoms with van der Waals surface area (Å²) < 4.78 is 7.78. The molecule has 1 fully saturated rings. The minimum Gasteiger partial charge on any atom is -0.492 e. The van der Waals surface area contributed by atoms with Crippen LogP contribution >= 0.6 is 23.1 Å². The first kappa shape index (κ1) is 19.0. The van der Waals surface area contributed by atoms with E-state index in [1.807, 2.05) is 31.2 Å². The van der Waals surface area contributed by atoms with Crippen LogP contribution in [0, 0.1) is 0 Å². The second kappa shape index (κ2) is 8.79. The molecule has 0 spiro atoms. The lowest BCUT2D eigenvalue weighted by atomic mass is 10.3. The van der Waals surface area contributed by atoms with Crippen molar-refractivity contribution >= 4 is 34.7 Å². The van der Waals surface area contributed by atoms with Gasteiger partial charge in [0.1, 0.15) is 11.6 Å². The Hall–Kier alpha value is -2.32. The van der Waals surface area contributed by atoms with Crippen molar-refractivity contribution < 1.29 is 9.53 Å². The summed E-state index contributed by atoms with van der Waals surface area (Å²) in [6, 6.07) is 12.1. The van der Waals surface area contributed by atoms with E-state index in [1.54, 1.807) is 11.3 Å². The number of para-hydroxylation sites is 2. The molecule has 1 aromatic carbocycles. The average Bonchev–Trinajstić information content (AvgIpc) is 3.24. The van der Waals surface area contributed by atoms with E-state index in [4.69, 9.17) is 4.74 Å². The SMILES string of the molecule is CCOc1ccccc1NC(=O)CSc1nnc(Cc2cccs2)n1C1CC1. The maximum absolute atomic E-state index is 12.5. The molecule has 1 N–H and O–H groups in total. The third-order valence-electron chi connectivity index (χ3n) is 4.35. The molecule has 0 bridgehead atoms. The topological polar surface area (TPSA) is 69.0 Å². The number of ether oxygens (including phenoxy) is 1. The maximum atomic E-state index is 12.5. The van der Waals surface area contributed by atoms with E-state index in [2.05, 4.69) is 37.6 Å². The summed E-state index contributed by atoms with van der Waals surface area (Å²) in [5.41, 5.74) is 0.692. The van der Waals surface area contributed by atoms with Gasteiger partial charge >= 0.3 is 0 Å². The van der Waals surface area contributed by atoms with Crippen LogP contribution in [0.15, 0.2) is 46.9 Å². The number of aromatic nitrogens is 3. The van der Waals surface area contributed by atoms with Crippen LogP contribution in [0.25, 0.3) is 0 Å². The molecular formula is C20H22N4O2S2. The number of anilines is 1. The third-order valence-corrected chi connectivity index (χ3v) is 6.17. The van der Waals surface area contributed by atoms with Crippen LogP contribution in [0.4, 0.5) is 5.69 Å². The lowest BCUT2D eigenvalue weighted by Gasteiger charge is -2.11. The first-order valence-electron chi connectivity index (χ1n) is 9.35. The smallest absolute Gasteiger partial charge is 0.234 e. The normalized spacial score (nSPS) is 13.5. The van der Waals surface area contributed by atoms with E-state index in [-0.39, 0.29) is 11.7 Å². The molecule has 0 atom stereocenters. The zero-order valence-corrected chi connectivity index (χ0v) is 17.3. The number of nitrogens with one attached hydrogen (secondary N) is 1. The summed E-state index contributed by atoms with van der Waals surface area (Å²) in [7, 11) is 0. The highest BCUT2D eigenvalue weighted by molar-refractivity contribution is 7.99. The van der Waals surface area contributed by atoms with E-state index in [1.165, 1.54) is 16.6 Å². The number of carbonyl (C=O) groups is 1. The lowest BCUT2D eigenvalue weighted by Crippen LogP contribution is -2.15. The van der Waals surface area contributed by atoms with Crippen molar-refractivity contribution in [3.05, 3.63) is 52.5 Å². The van der Waals surface area contributed by atoms with Crippen molar-refractivity contribution in [3.8, 4) is 5.75 Å². The Labute approximate surface area is 172 Å². The average molecular weight is 415 g/mol. The number of nitrogens with zero attached hydrogens (tertiary/aromatic N) is 3. The van der Waals surface area contributed by atoms with Crippen molar-refractivity contribution in [1.82, 2.24) is 14.8 Å². The van der Waals surface area contributed by atoms with Gasteiger partial charge in [-0.3, -0.25) is 4.79 Å². The fourth-order valence-electron chi connectivity index (χ4n) is 2.96. The molecule has 1 aliphatic rings. The number of benzene rings is 1. The van der Waals surface area contributed by atoms with Crippen molar-refractivity contribution in [2.75, 3.05) is 17.7 Å². The number of rotatable bonds is 9. The van der Waals surface area contributed by atoms with E-state index in [9.17, 15) is 4.79 Å². The Morgan fingerprint density at radius 1 is 1.29 bits per heavy atom. The molecule has 2 heterocycles. The largest absolute Gasteiger partial charge is 0.492 e. The number of thioether (sulfide) groups is 1. The van der Waals surface area contributed by atoms with Crippen LogP contribution in [0.3, 0.4) is 0 Å². The number of hydrogen-bond donors (Lipinski definition) is 1. The van der Waals surface area contributed by atoms with E-state index < -0.39 is 0 Å². The molecule has 0 saturated heterocycles. The highest BCUT2D eigenvalue weighted by Gasteiger charge is 2.30. The monoisotopic (exact) mass is 414 g/mol. The van der Waals surface area contributed by atoms with Crippen LogP contribution in [-0.4, -0.2) is 33.0 Å². The summed E-state index contributed by atoms with van der Waals surface area (Å²) in [6.45, 7) is 2.48. The van der Waals surface area contributed by atoms with E-state index >= 15 is 0 Å². The summed E-state index contributed by atoms with van der Waals surface area (Å²) in [4.78, 5) is 13.7. The number of carbonyl (C=O) groups excluding carboxylic acids is 1. The molecule has 1 aliphatic carbocycles. The van der Waals surface area contributed by atoms with Crippen LogP contribution < -0.4 is 10.1 Å². The van der Waals surface area contributed by atoms with Gasteiger partial charge in [0.15, 0.2) is 5.16 Å².